The Morgan fingerprint density at radius 3 is 2.65 bits per heavy atom. The number of fused-ring (bicyclic) bond motifs is 2. The second-order valence-electron chi connectivity index (χ2n) is 6.23. The zero-order valence-corrected chi connectivity index (χ0v) is 14.5. The fraction of sp³-hybridized carbons (Fsp3) is 0.235. The van der Waals surface area contributed by atoms with Crippen molar-refractivity contribution in [3.63, 3.8) is 0 Å². The summed E-state index contributed by atoms with van der Waals surface area (Å²) in [5.74, 6) is 0.409. The number of para-hydroxylation sites is 1. The highest BCUT2D eigenvalue weighted by Gasteiger charge is 2.15. The van der Waals surface area contributed by atoms with E-state index in [1.54, 1.807) is 17.7 Å². The van der Waals surface area contributed by atoms with Crippen LogP contribution in [0.15, 0.2) is 38.9 Å². The fourth-order valence-electron chi connectivity index (χ4n) is 3.10. The van der Waals surface area contributed by atoms with Crippen LogP contribution >= 0.6 is 0 Å². The van der Waals surface area contributed by atoms with Gasteiger partial charge in [-0.2, -0.15) is 0 Å². The number of hydrogen-bond acceptors (Lipinski definition) is 5. The first-order valence-corrected chi connectivity index (χ1v) is 7.98. The van der Waals surface area contributed by atoms with Crippen LogP contribution in [0.5, 0.6) is 0 Å². The molecule has 3 heterocycles. The van der Waals surface area contributed by atoms with Gasteiger partial charge in [0.1, 0.15) is 5.82 Å². The summed E-state index contributed by atoms with van der Waals surface area (Å²) in [7, 11) is 2.97. The summed E-state index contributed by atoms with van der Waals surface area (Å²) in [6, 6.07) is 5.41. The largest absolute Gasteiger partial charge is 0.332 e. The zero-order chi connectivity index (χ0) is 18.6. The second kappa shape index (κ2) is 5.51. The van der Waals surface area contributed by atoms with Gasteiger partial charge in [-0.15, -0.1) is 0 Å². The average molecular weight is 352 g/mol. The lowest BCUT2D eigenvalue weighted by Crippen LogP contribution is -2.37. The van der Waals surface area contributed by atoms with Gasteiger partial charge in [-0.1, -0.05) is 12.1 Å². The molecule has 0 fully saturated rings. The molecular formula is C17H16N6O3. The second-order valence-corrected chi connectivity index (χ2v) is 6.23. The van der Waals surface area contributed by atoms with Gasteiger partial charge in [-0.3, -0.25) is 18.7 Å². The van der Waals surface area contributed by atoms with E-state index in [-0.39, 0.29) is 23.3 Å². The number of aryl methyl sites for hydroxylation is 2. The van der Waals surface area contributed by atoms with Crippen LogP contribution in [0.4, 0.5) is 0 Å². The predicted octanol–water partition coefficient (Wildman–Crippen LogP) is 0.0269. The Balaban J connectivity index is 1.93. The molecule has 26 heavy (non-hydrogen) atoms. The third kappa shape index (κ3) is 2.20. The minimum absolute atomic E-state index is 0.156. The molecular weight excluding hydrogens is 336 g/mol. The molecule has 1 N–H and O–H groups in total. The molecule has 0 aliphatic heterocycles. The first-order chi connectivity index (χ1) is 12.4. The quantitative estimate of drug-likeness (QED) is 0.547. The van der Waals surface area contributed by atoms with Crippen molar-refractivity contribution in [2.24, 2.45) is 14.1 Å². The van der Waals surface area contributed by atoms with Crippen LogP contribution in [0.25, 0.3) is 22.1 Å². The molecule has 0 unspecified atom stereocenters. The monoisotopic (exact) mass is 352 g/mol. The molecule has 4 rings (SSSR count). The number of rotatable bonds is 2. The number of aromatic nitrogens is 6. The van der Waals surface area contributed by atoms with Gasteiger partial charge in [0.15, 0.2) is 11.2 Å². The lowest BCUT2D eigenvalue weighted by atomic mass is 10.1. The lowest BCUT2D eigenvalue weighted by Gasteiger charge is -2.08. The van der Waals surface area contributed by atoms with Crippen molar-refractivity contribution in [2.75, 3.05) is 0 Å². The van der Waals surface area contributed by atoms with E-state index in [2.05, 4.69) is 15.0 Å². The molecule has 0 aliphatic carbocycles. The standard InChI is InChI=1S/C17H16N6O3/c1-9-5-4-6-10-12(9)19-11(20-15(10)24)7-23-8-18-14-13(23)16(25)22(3)17(26)21(14)2/h4-6,8H,7H2,1-3H3,(H,19,20,24). The molecule has 4 aromatic rings. The van der Waals surface area contributed by atoms with Crippen molar-refractivity contribution in [1.29, 1.82) is 0 Å². The number of nitrogens with zero attached hydrogens (tertiary/aromatic N) is 5. The van der Waals surface area contributed by atoms with E-state index in [0.717, 1.165) is 10.1 Å². The van der Waals surface area contributed by atoms with E-state index in [1.807, 2.05) is 19.1 Å². The smallest absolute Gasteiger partial charge is 0.317 e. The summed E-state index contributed by atoms with van der Waals surface area (Å²) in [4.78, 5) is 48.3. The van der Waals surface area contributed by atoms with E-state index < -0.39 is 11.2 Å². The molecule has 0 saturated carbocycles. The van der Waals surface area contributed by atoms with Crippen molar-refractivity contribution in [2.45, 2.75) is 13.5 Å². The third-order valence-electron chi connectivity index (χ3n) is 4.52. The first kappa shape index (κ1) is 16.0. The third-order valence-corrected chi connectivity index (χ3v) is 4.52. The van der Waals surface area contributed by atoms with Crippen LogP contribution < -0.4 is 16.8 Å². The van der Waals surface area contributed by atoms with Gasteiger partial charge < -0.3 is 9.55 Å². The lowest BCUT2D eigenvalue weighted by molar-refractivity contribution is 0.698. The summed E-state index contributed by atoms with van der Waals surface area (Å²) in [5, 5.41) is 0.516. The Bertz CT molecular complexity index is 1360. The molecule has 0 spiro atoms. The Morgan fingerprint density at radius 2 is 1.88 bits per heavy atom. The Morgan fingerprint density at radius 1 is 1.12 bits per heavy atom. The maximum atomic E-state index is 12.5. The van der Waals surface area contributed by atoms with Gasteiger partial charge in [0.05, 0.1) is 23.8 Å². The minimum Gasteiger partial charge on any atom is -0.317 e. The molecule has 3 aromatic heterocycles. The molecule has 0 radical (unpaired) electrons. The molecule has 0 amide bonds. The van der Waals surface area contributed by atoms with Gasteiger partial charge >= 0.3 is 5.69 Å². The zero-order valence-electron chi connectivity index (χ0n) is 14.5. The van der Waals surface area contributed by atoms with E-state index in [0.29, 0.717) is 16.7 Å². The number of imidazole rings is 1. The van der Waals surface area contributed by atoms with Crippen LogP contribution in [0.3, 0.4) is 0 Å². The van der Waals surface area contributed by atoms with Gasteiger partial charge in [-0.25, -0.2) is 14.8 Å². The number of H-pyrrole nitrogens is 1. The van der Waals surface area contributed by atoms with E-state index in [9.17, 15) is 14.4 Å². The van der Waals surface area contributed by atoms with Gasteiger partial charge in [0, 0.05) is 14.1 Å². The number of benzene rings is 1. The molecule has 0 bridgehead atoms. The molecule has 9 nitrogen and oxygen atoms in total. The SMILES string of the molecule is Cc1cccc2c(=O)[nH]c(Cn3cnc4c3c(=O)n(C)c(=O)n4C)nc12. The normalized spacial score (nSPS) is 11.5. The maximum Gasteiger partial charge on any atom is 0.332 e. The molecule has 0 aliphatic rings. The average Bonchev–Trinajstić information content (AvgIpc) is 3.03. The van der Waals surface area contributed by atoms with E-state index in [4.69, 9.17) is 0 Å². The Hall–Kier alpha value is -3.49. The van der Waals surface area contributed by atoms with Gasteiger partial charge in [0.25, 0.3) is 11.1 Å². The molecule has 1 aromatic carbocycles. The van der Waals surface area contributed by atoms with Crippen LogP contribution in [-0.4, -0.2) is 28.7 Å². The summed E-state index contributed by atoms with van der Waals surface area (Å²) >= 11 is 0. The van der Waals surface area contributed by atoms with Crippen molar-refractivity contribution in [3.8, 4) is 0 Å². The Kier molecular flexibility index (Phi) is 3.39. The summed E-state index contributed by atoms with van der Waals surface area (Å²) < 4.78 is 3.93. The topological polar surface area (TPSA) is 108 Å². The van der Waals surface area contributed by atoms with E-state index in [1.165, 1.54) is 17.9 Å². The summed E-state index contributed by atoms with van der Waals surface area (Å²) in [6.07, 6.45) is 1.47. The van der Waals surface area contributed by atoms with Crippen LogP contribution in [0.1, 0.15) is 11.4 Å². The predicted molar refractivity (Wildman–Crippen MR) is 96.4 cm³/mol. The van der Waals surface area contributed by atoms with Crippen molar-refractivity contribution in [3.05, 3.63) is 67.1 Å². The highest BCUT2D eigenvalue weighted by atomic mass is 16.2. The maximum absolute atomic E-state index is 12.5. The molecule has 9 heteroatoms. The van der Waals surface area contributed by atoms with Gasteiger partial charge in [0.2, 0.25) is 0 Å². The van der Waals surface area contributed by atoms with Crippen molar-refractivity contribution < 1.29 is 0 Å². The first-order valence-electron chi connectivity index (χ1n) is 7.98. The van der Waals surface area contributed by atoms with Crippen LogP contribution in [0.2, 0.25) is 0 Å². The summed E-state index contributed by atoms with van der Waals surface area (Å²) in [5.41, 5.74) is 0.957. The van der Waals surface area contributed by atoms with E-state index >= 15 is 0 Å². The number of aromatic amines is 1. The Labute approximate surface area is 146 Å². The van der Waals surface area contributed by atoms with Crippen LogP contribution in [-0.2, 0) is 20.6 Å². The fourth-order valence-corrected chi connectivity index (χ4v) is 3.10. The molecule has 0 saturated heterocycles. The molecule has 132 valence electrons. The van der Waals surface area contributed by atoms with Crippen molar-refractivity contribution in [1.82, 2.24) is 28.7 Å². The number of hydrogen-bond donors (Lipinski definition) is 1. The van der Waals surface area contributed by atoms with Crippen LogP contribution in [0, 0.1) is 6.92 Å². The minimum atomic E-state index is -0.445. The molecule has 0 atom stereocenters. The van der Waals surface area contributed by atoms with Gasteiger partial charge in [-0.05, 0) is 18.6 Å². The highest BCUT2D eigenvalue weighted by molar-refractivity contribution is 5.80. The highest BCUT2D eigenvalue weighted by Crippen LogP contribution is 2.13. The number of nitrogens with one attached hydrogen (secondary N) is 1. The summed E-state index contributed by atoms with van der Waals surface area (Å²) in [6.45, 7) is 2.04. The van der Waals surface area contributed by atoms with Crippen molar-refractivity contribution >= 4 is 22.1 Å².